The third-order valence-electron chi connectivity index (χ3n) is 4.70. The van der Waals surface area contributed by atoms with Gasteiger partial charge < -0.3 is 14.6 Å². The maximum absolute atomic E-state index is 12.0. The fraction of sp³-hybridized carbons (Fsp3) is 0.0909. The van der Waals surface area contributed by atoms with Gasteiger partial charge in [0.25, 0.3) is 11.9 Å². The van der Waals surface area contributed by atoms with Crippen molar-refractivity contribution in [2.45, 2.75) is 4.90 Å². The number of nitrogens with zero attached hydrogens (tertiary/aromatic N) is 2. The number of aromatic nitrogens is 1. The van der Waals surface area contributed by atoms with Crippen molar-refractivity contribution in [1.82, 2.24) is 9.88 Å². The van der Waals surface area contributed by atoms with Crippen molar-refractivity contribution in [2.24, 2.45) is 5.14 Å². The Bertz CT molecular complexity index is 1360. The largest absolute Gasteiger partial charge is 0.423 e. The van der Waals surface area contributed by atoms with Crippen LogP contribution in [0.4, 0.5) is 11.7 Å². The first-order chi connectivity index (χ1) is 14.7. The first-order valence-corrected chi connectivity index (χ1v) is 10.9. The molecule has 0 unspecified atom stereocenters. The number of para-hydroxylation sites is 1. The van der Waals surface area contributed by atoms with Crippen LogP contribution in [0.1, 0.15) is 10.4 Å². The number of carbonyl (C=O) groups is 1. The Morgan fingerprint density at radius 2 is 1.68 bits per heavy atom. The quantitative estimate of drug-likeness (QED) is 0.494. The predicted molar refractivity (Wildman–Crippen MR) is 119 cm³/mol. The smallest absolute Gasteiger partial charge is 0.300 e. The van der Waals surface area contributed by atoms with Crippen LogP contribution in [0.15, 0.2) is 76.0 Å². The van der Waals surface area contributed by atoms with Crippen molar-refractivity contribution in [3.05, 3.63) is 72.3 Å². The van der Waals surface area contributed by atoms with Crippen molar-refractivity contribution in [2.75, 3.05) is 19.4 Å². The molecule has 1 aromatic heterocycles. The van der Waals surface area contributed by atoms with E-state index in [0.29, 0.717) is 22.7 Å². The van der Waals surface area contributed by atoms with Gasteiger partial charge in [-0.1, -0.05) is 24.3 Å². The molecule has 158 valence electrons. The highest BCUT2D eigenvalue weighted by molar-refractivity contribution is 7.89. The number of hydrogen-bond donors (Lipinski definition) is 2. The second-order valence-corrected chi connectivity index (χ2v) is 8.71. The molecule has 0 bridgehead atoms. The number of benzene rings is 3. The van der Waals surface area contributed by atoms with Crippen LogP contribution in [0.2, 0.25) is 0 Å². The van der Waals surface area contributed by atoms with Crippen LogP contribution in [-0.2, 0) is 10.0 Å². The van der Waals surface area contributed by atoms with E-state index in [9.17, 15) is 13.2 Å². The van der Waals surface area contributed by atoms with Gasteiger partial charge in [-0.3, -0.25) is 4.79 Å². The van der Waals surface area contributed by atoms with E-state index in [4.69, 9.17) is 9.56 Å². The van der Waals surface area contributed by atoms with Gasteiger partial charge in [-0.25, -0.2) is 13.6 Å². The molecule has 3 N–H and O–H groups in total. The van der Waals surface area contributed by atoms with Gasteiger partial charge >= 0.3 is 0 Å². The van der Waals surface area contributed by atoms with Crippen molar-refractivity contribution in [1.29, 1.82) is 0 Å². The van der Waals surface area contributed by atoms with Crippen LogP contribution in [0.25, 0.3) is 22.2 Å². The van der Waals surface area contributed by atoms with Gasteiger partial charge in [-0.2, -0.15) is 4.98 Å². The summed E-state index contributed by atoms with van der Waals surface area (Å²) in [6.07, 6.45) is 0. The van der Waals surface area contributed by atoms with Gasteiger partial charge in [0, 0.05) is 30.9 Å². The monoisotopic (exact) mass is 436 g/mol. The van der Waals surface area contributed by atoms with E-state index in [-0.39, 0.29) is 10.8 Å². The Labute approximate surface area is 179 Å². The minimum Gasteiger partial charge on any atom is -0.423 e. The predicted octanol–water partition coefficient (Wildman–Crippen LogP) is 3.59. The number of nitrogens with two attached hydrogens (primary N) is 1. The molecule has 1 amide bonds. The number of hydrogen-bond acceptors (Lipinski definition) is 6. The summed E-state index contributed by atoms with van der Waals surface area (Å²) in [5, 5.41) is 8.27. The fourth-order valence-electron chi connectivity index (χ4n) is 3.13. The summed E-state index contributed by atoms with van der Waals surface area (Å²) < 4.78 is 28.9. The molecule has 1 heterocycles. The summed E-state index contributed by atoms with van der Waals surface area (Å²) in [5.41, 5.74) is 4.06. The molecule has 9 heteroatoms. The lowest BCUT2D eigenvalue weighted by atomic mass is 10.1. The third kappa shape index (κ3) is 4.27. The van der Waals surface area contributed by atoms with Gasteiger partial charge in [0.1, 0.15) is 5.52 Å². The SMILES string of the molecule is CN(C)C(=O)c1ccc(Nc2nc3cccc(-c4ccc(S(N)(=O)=O)cc4)c3o2)cc1. The lowest BCUT2D eigenvalue weighted by Crippen LogP contribution is -2.21. The van der Waals surface area contributed by atoms with Crippen molar-refractivity contribution in [3.8, 4) is 11.1 Å². The standard InChI is InChI=1S/C22H20N4O4S/c1-26(2)21(27)15-6-10-16(11-7-15)24-22-25-19-5-3-4-18(20(19)30-22)14-8-12-17(13-9-14)31(23,28)29/h3-13H,1-2H3,(H,24,25)(H2,23,28,29). The number of nitrogens with one attached hydrogen (secondary N) is 1. The van der Waals surface area contributed by atoms with Crippen LogP contribution >= 0.6 is 0 Å². The molecule has 0 atom stereocenters. The lowest BCUT2D eigenvalue weighted by Gasteiger charge is -2.10. The fourth-order valence-corrected chi connectivity index (χ4v) is 3.65. The molecule has 4 rings (SSSR count). The van der Waals surface area contributed by atoms with Gasteiger partial charge in [0.2, 0.25) is 10.0 Å². The number of primary sulfonamides is 1. The zero-order valence-corrected chi connectivity index (χ0v) is 17.7. The van der Waals surface area contributed by atoms with E-state index in [1.54, 1.807) is 50.5 Å². The maximum atomic E-state index is 12.0. The summed E-state index contributed by atoms with van der Waals surface area (Å²) in [5.74, 6) is -0.0773. The molecule has 3 aromatic carbocycles. The molecule has 0 aliphatic carbocycles. The molecule has 8 nitrogen and oxygen atoms in total. The molecule has 0 spiro atoms. The normalized spacial score (nSPS) is 11.5. The maximum Gasteiger partial charge on any atom is 0.300 e. The average Bonchev–Trinajstić information content (AvgIpc) is 3.15. The molecule has 0 fully saturated rings. The van der Waals surface area contributed by atoms with Gasteiger partial charge in [0.05, 0.1) is 4.90 Å². The summed E-state index contributed by atoms with van der Waals surface area (Å²) in [6, 6.07) is 19.1. The summed E-state index contributed by atoms with van der Waals surface area (Å²) >= 11 is 0. The van der Waals surface area contributed by atoms with Crippen LogP contribution in [-0.4, -0.2) is 38.3 Å². The summed E-state index contributed by atoms with van der Waals surface area (Å²) in [4.78, 5) is 18.0. The molecular weight excluding hydrogens is 416 g/mol. The highest BCUT2D eigenvalue weighted by atomic mass is 32.2. The highest BCUT2D eigenvalue weighted by Crippen LogP contribution is 2.32. The van der Waals surface area contributed by atoms with Crippen LogP contribution in [0, 0.1) is 0 Å². The van der Waals surface area contributed by atoms with E-state index >= 15 is 0 Å². The van der Waals surface area contributed by atoms with Crippen molar-refractivity contribution < 1.29 is 17.6 Å². The molecule has 0 aliphatic rings. The van der Waals surface area contributed by atoms with Crippen LogP contribution < -0.4 is 10.5 Å². The summed E-state index contributed by atoms with van der Waals surface area (Å²) in [7, 11) is -0.355. The first kappa shape index (κ1) is 20.6. The van der Waals surface area contributed by atoms with Crippen LogP contribution in [0.5, 0.6) is 0 Å². The number of carbonyl (C=O) groups excluding carboxylic acids is 1. The number of amides is 1. The Balaban J connectivity index is 1.63. The number of anilines is 2. The van der Waals surface area contributed by atoms with E-state index < -0.39 is 10.0 Å². The molecule has 31 heavy (non-hydrogen) atoms. The van der Waals surface area contributed by atoms with E-state index in [1.165, 1.54) is 17.0 Å². The third-order valence-corrected chi connectivity index (χ3v) is 5.63. The van der Waals surface area contributed by atoms with E-state index in [0.717, 1.165) is 16.8 Å². The average molecular weight is 436 g/mol. The molecule has 0 aliphatic heterocycles. The van der Waals surface area contributed by atoms with E-state index in [1.807, 2.05) is 18.2 Å². The van der Waals surface area contributed by atoms with Crippen molar-refractivity contribution >= 4 is 38.7 Å². The van der Waals surface area contributed by atoms with Crippen LogP contribution in [0.3, 0.4) is 0 Å². The van der Waals surface area contributed by atoms with Gasteiger partial charge in [-0.15, -0.1) is 0 Å². The Kier molecular flexibility index (Phi) is 5.22. The molecule has 0 saturated heterocycles. The Morgan fingerprint density at radius 3 is 2.29 bits per heavy atom. The minimum absolute atomic E-state index is 0.0412. The molecule has 0 saturated carbocycles. The lowest BCUT2D eigenvalue weighted by molar-refractivity contribution is 0.0827. The number of rotatable bonds is 5. The van der Waals surface area contributed by atoms with E-state index in [2.05, 4.69) is 10.3 Å². The molecule has 4 aromatic rings. The minimum atomic E-state index is -3.76. The highest BCUT2D eigenvalue weighted by Gasteiger charge is 2.14. The molecule has 0 radical (unpaired) electrons. The van der Waals surface area contributed by atoms with Gasteiger partial charge in [-0.05, 0) is 48.0 Å². The Morgan fingerprint density at radius 1 is 1.00 bits per heavy atom. The Hall–Kier alpha value is -3.69. The topological polar surface area (TPSA) is 119 Å². The summed E-state index contributed by atoms with van der Waals surface area (Å²) in [6.45, 7) is 0. The molecular formula is C22H20N4O4S. The second-order valence-electron chi connectivity index (χ2n) is 7.14. The van der Waals surface area contributed by atoms with Gasteiger partial charge in [0.15, 0.2) is 5.58 Å². The second kappa shape index (κ2) is 7.86. The number of sulfonamides is 1. The first-order valence-electron chi connectivity index (χ1n) is 9.34. The number of oxazole rings is 1. The number of fused-ring (bicyclic) bond motifs is 1. The zero-order valence-electron chi connectivity index (χ0n) is 16.9. The van der Waals surface area contributed by atoms with Crippen molar-refractivity contribution in [3.63, 3.8) is 0 Å². The zero-order chi connectivity index (χ0) is 22.2.